The normalized spacial score (nSPS) is 15.3. The summed E-state index contributed by atoms with van der Waals surface area (Å²) in [7, 11) is 0. The Balaban J connectivity index is 2.33. The summed E-state index contributed by atoms with van der Waals surface area (Å²) in [6.07, 6.45) is -2.33. The van der Waals surface area contributed by atoms with E-state index in [2.05, 4.69) is 31.6 Å². The number of hydrogen-bond donors (Lipinski definition) is 11. The van der Waals surface area contributed by atoms with Crippen molar-refractivity contribution in [3.05, 3.63) is 36.0 Å². The van der Waals surface area contributed by atoms with E-state index in [0.29, 0.717) is 16.5 Å². The van der Waals surface area contributed by atoms with Gasteiger partial charge in [0.15, 0.2) is 0 Å². The number of rotatable bonds is 19. The van der Waals surface area contributed by atoms with Crippen LogP contribution in [0.25, 0.3) is 10.9 Å². The monoisotopic (exact) mass is 691 g/mol. The summed E-state index contributed by atoms with van der Waals surface area (Å²) >= 11 is 0. The molecule has 12 N–H and O–H groups in total. The zero-order valence-corrected chi connectivity index (χ0v) is 26.9. The number of carbonyl (C=O) groups excluding carboxylic acids is 5. The van der Waals surface area contributed by atoms with Crippen molar-refractivity contribution in [2.45, 2.75) is 88.8 Å². The summed E-state index contributed by atoms with van der Waals surface area (Å²) in [6, 6.07) is -2.05. The lowest BCUT2D eigenvalue weighted by molar-refractivity contribution is -0.143. The molecule has 2 aromatic rings. The first-order valence-corrected chi connectivity index (χ1v) is 15.1. The molecule has 19 nitrogen and oxygen atoms in total. The topological polar surface area (TPSA) is 319 Å². The minimum absolute atomic E-state index is 0.226. The number of nitrogens with two attached hydrogens (primary N) is 1. The highest BCUT2D eigenvalue weighted by atomic mass is 16.4. The van der Waals surface area contributed by atoms with Crippen LogP contribution in [-0.2, 0) is 44.8 Å². The number of aliphatic hydroxyl groups excluding tert-OH is 1. The number of hydrogen-bond acceptors (Lipinski definition) is 10. The molecule has 0 radical (unpaired) electrons. The van der Waals surface area contributed by atoms with Gasteiger partial charge in [0.1, 0.15) is 30.2 Å². The fraction of sp³-hybridized carbons (Fsp3) is 0.467. The number of carboxylic acids is 3. The number of aliphatic hydroxyl groups is 1. The lowest BCUT2D eigenvalue weighted by Gasteiger charge is -2.27. The number of carboxylic acid groups (broad SMARTS) is 3. The van der Waals surface area contributed by atoms with E-state index >= 15 is 0 Å². The number of aromatic nitrogens is 1. The quantitative estimate of drug-likeness (QED) is 0.0716. The van der Waals surface area contributed by atoms with Crippen molar-refractivity contribution in [2.24, 2.45) is 5.73 Å². The van der Waals surface area contributed by atoms with Gasteiger partial charge in [-0.1, -0.05) is 18.2 Å². The van der Waals surface area contributed by atoms with Crippen LogP contribution in [0.2, 0.25) is 0 Å². The molecular weight excluding hydrogens is 650 g/mol. The lowest BCUT2D eigenvalue weighted by atomic mass is 10.0. The molecule has 0 unspecified atom stereocenters. The average molecular weight is 692 g/mol. The van der Waals surface area contributed by atoms with E-state index in [1.54, 1.807) is 30.5 Å². The molecule has 0 aliphatic carbocycles. The number of fused-ring (bicyclic) bond motifs is 1. The maximum absolute atomic E-state index is 13.5. The Kier molecular flexibility index (Phi) is 14.6. The van der Waals surface area contributed by atoms with E-state index < -0.39 is 109 Å². The van der Waals surface area contributed by atoms with Gasteiger partial charge in [-0.2, -0.15) is 0 Å². The zero-order chi connectivity index (χ0) is 37.0. The second-order valence-corrected chi connectivity index (χ2v) is 11.4. The molecule has 0 aliphatic rings. The van der Waals surface area contributed by atoms with E-state index in [9.17, 15) is 53.7 Å². The molecule has 7 atom stereocenters. The van der Waals surface area contributed by atoms with Crippen LogP contribution in [0.5, 0.6) is 0 Å². The van der Waals surface area contributed by atoms with Gasteiger partial charge >= 0.3 is 17.9 Å². The standard InChI is InChI=1S/C30H41N7O12/c1-13(31)25(43)33-14(2)26(44)35-21(11-23(41)42)28(46)37-24(15(3)38)29(47)36-20(10-16-12-32-18-7-5-4-6-17(16)18)27(45)34-19(30(48)49)8-9-22(39)40/h4-7,12-15,19-21,24,32,38H,8-11,31H2,1-3H3,(H,33,43)(H,34,45)(H,35,44)(H,36,47)(H,37,46)(H,39,40)(H,41,42)(H,48,49)/t13-,14-,15+,19-,20-,21-,24-/m0/s1. The van der Waals surface area contributed by atoms with Crippen molar-refractivity contribution in [1.82, 2.24) is 31.6 Å². The Bertz CT molecular complexity index is 1560. The number of H-pyrrole nitrogens is 1. The van der Waals surface area contributed by atoms with Crippen LogP contribution in [0.1, 0.15) is 45.6 Å². The van der Waals surface area contributed by atoms with Gasteiger partial charge in [-0.15, -0.1) is 0 Å². The minimum atomic E-state index is -1.82. The third kappa shape index (κ3) is 12.2. The second kappa shape index (κ2) is 18.1. The summed E-state index contributed by atoms with van der Waals surface area (Å²) in [6.45, 7) is 3.73. The number of aromatic amines is 1. The van der Waals surface area contributed by atoms with Crippen molar-refractivity contribution in [3.8, 4) is 0 Å². The molecule has 19 heteroatoms. The Morgan fingerprint density at radius 2 is 1.33 bits per heavy atom. The van der Waals surface area contributed by atoms with Crippen LogP contribution in [0.3, 0.4) is 0 Å². The fourth-order valence-corrected chi connectivity index (χ4v) is 4.54. The Labute approximate surface area is 279 Å². The van der Waals surface area contributed by atoms with Gasteiger partial charge in [-0.3, -0.25) is 33.6 Å². The molecule has 2 rings (SSSR count). The molecule has 5 amide bonds. The highest BCUT2D eigenvalue weighted by Gasteiger charge is 2.35. The summed E-state index contributed by atoms with van der Waals surface area (Å²) in [4.78, 5) is 102. The lowest BCUT2D eigenvalue weighted by Crippen LogP contribution is -2.61. The summed E-state index contributed by atoms with van der Waals surface area (Å²) in [5.41, 5.74) is 6.66. The molecule has 268 valence electrons. The van der Waals surface area contributed by atoms with Crippen molar-refractivity contribution in [3.63, 3.8) is 0 Å². The first kappa shape index (κ1) is 39.6. The summed E-state index contributed by atoms with van der Waals surface area (Å²) in [5.74, 6) is -9.38. The van der Waals surface area contributed by atoms with Crippen LogP contribution < -0.4 is 32.3 Å². The number of carbonyl (C=O) groups is 8. The van der Waals surface area contributed by atoms with Gasteiger partial charge in [0.2, 0.25) is 29.5 Å². The van der Waals surface area contributed by atoms with Gasteiger partial charge in [-0.05, 0) is 38.8 Å². The molecule has 49 heavy (non-hydrogen) atoms. The van der Waals surface area contributed by atoms with E-state index in [4.69, 9.17) is 10.8 Å². The first-order chi connectivity index (χ1) is 22.9. The first-order valence-electron chi connectivity index (χ1n) is 15.1. The smallest absolute Gasteiger partial charge is 0.326 e. The van der Waals surface area contributed by atoms with E-state index in [1.165, 1.54) is 13.8 Å². The van der Waals surface area contributed by atoms with Gasteiger partial charge < -0.3 is 57.7 Å². The fourth-order valence-electron chi connectivity index (χ4n) is 4.54. The highest BCUT2D eigenvalue weighted by molar-refractivity contribution is 5.98. The molecule has 0 aliphatic heterocycles. The number of aliphatic carboxylic acids is 3. The maximum Gasteiger partial charge on any atom is 0.326 e. The van der Waals surface area contributed by atoms with Crippen molar-refractivity contribution >= 4 is 58.3 Å². The largest absolute Gasteiger partial charge is 0.481 e. The predicted octanol–water partition coefficient (Wildman–Crippen LogP) is -2.69. The second-order valence-electron chi connectivity index (χ2n) is 11.4. The van der Waals surface area contributed by atoms with Crippen molar-refractivity contribution in [1.29, 1.82) is 0 Å². The number of amides is 5. The number of benzene rings is 1. The van der Waals surface area contributed by atoms with Crippen LogP contribution in [0, 0.1) is 0 Å². The highest BCUT2D eigenvalue weighted by Crippen LogP contribution is 2.19. The predicted molar refractivity (Wildman–Crippen MR) is 169 cm³/mol. The Hall–Kier alpha value is -5.56. The third-order valence-corrected chi connectivity index (χ3v) is 7.23. The molecule has 0 spiro atoms. The SMILES string of the molecule is C[C@H](N)C(=O)N[C@@H](C)C(=O)N[C@@H](CC(=O)O)C(=O)N[C@H](C(=O)N[C@@H](Cc1c[nH]c2ccccc12)C(=O)N[C@@H](CCC(=O)O)C(=O)O)[C@@H](C)O. The minimum Gasteiger partial charge on any atom is -0.481 e. The summed E-state index contributed by atoms with van der Waals surface area (Å²) in [5, 5.41) is 50.2. The molecule has 0 bridgehead atoms. The molecule has 0 saturated carbocycles. The van der Waals surface area contributed by atoms with Crippen molar-refractivity contribution in [2.75, 3.05) is 0 Å². The molecule has 1 heterocycles. The van der Waals surface area contributed by atoms with Gasteiger partial charge in [0, 0.05) is 29.9 Å². The molecule has 0 fully saturated rings. The summed E-state index contributed by atoms with van der Waals surface area (Å²) < 4.78 is 0. The van der Waals surface area contributed by atoms with Gasteiger partial charge in [-0.25, -0.2) is 4.79 Å². The van der Waals surface area contributed by atoms with Crippen LogP contribution in [-0.4, -0.2) is 115 Å². The third-order valence-electron chi connectivity index (χ3n) is 7.23. The van der Waals surface area contributed by atoms with E-state index in [-0.39, 0.29) is 6.42 Å². The molecular formula is C30H41N7O12. The van der Waals surface area contributed by atoms with Crippen molar-refractivity contribution < 1.29 is 58.8 Å². The zero-order valence-electron chi connectivity index (χ0n) is 26.9. The Morgan fingerprint density at radius 1 is 0.735 bits per heavy atom. The molecule has 1 aromatic carbocycles. The maximum atomic E-state index is 13.5. The number of nitrogens with one attached hydrogen (secondary N) is 6. The molecule has 0 saturated heterocycles. The van der Waals surface area contributed by atoms with Crippen LogP contribution in [0.4, 0.5) is 0 Å². The average Bonchev–Trinajstić information content (AvgIpc) is 3.42. The number of para-hydroxylation sites is 1. The van der Waals surface area contributed by atoms with Gasteiger partial charge in [0.25, 0.3) is 0 Å². The van der Waals surface area contributed by atoms with Gasteiger partial charge in [0.05, 0.1) is 18.6 Å². The molecule has 1 aromatic heterocycles. The Morgan fingerprint density at radius 3 is 1.90 bits per heavy atom. The van der Waals surface area contributed by atoms with Crippen LogP contribution in [0.15, 0.2) is 30.5 Å². The van der Waals surface area contributed by atoms with Crippen LogP contribution >= 0.6 is 0 Å². The van der Waals surface area contributed by atoms with E-state index in [0.717, 1.165) is 6.92 Å². The van der Waals surface area contributed by atoms with E-state index in [1.807, 2.05) is 0 Å².